The van der Waals surface area contributed by atoms with Crippen LogP contribution in [0.1, 0.15) is 17.1 Å². The molecule has 0 amide bonds. The number of hydrogen-bond donors (Lipinski definition) is 0. The zero-order valence-electron chi connectivity index (χ0n) is 11.9. The van der Waals surface area contributed by atoms with Crippen LogP contribution < -0.4 is 0 Å². The van der Waals surface area contributed by atoms with E-state index >= 15 is 0 Å². The van der Waals surface area contributed by atoms with Crippen molar-refractivity contribution >= 4 is 0 Å². The normalized spacial score (nSPS) is 10.8. The summed E-state index contributed by atoms with van der Waals surface area (Å²) in [6, 6.07) is 0. The molecular formula is C15H15N7. The van der Waals surface area contributed by atoms with Crippen molar-refractivity contribution in [1.82, 2.24) is 34.8 Å². The fourth-order valence-electron chi connectivity index (χ4n) is 2.09. The van der Waals surface area contributed by atoms with E-state index < -0.39 is 0 Å². The Morgan fingerprint density at radius 2 is 0.909 bits per heavy atom. The lowest BCUT2D eigenvalue weighted by molar-refractivity contribution is 0.238. The van der Waals surface area contributed by atoms with Gasteiger partial charge in [0.15, 0.2) is 0 Å². The van der Waals surface area contributed by atoms with Crippen LogP contribution in [0.5, 0.6) is 0 Å². The Hall–Kier alpha value is -2.80. The molecule has 7 nitrogen and oxygen atoms in total. The van der Waals surface area contributed by atoms with Crippen molar-refractivity contribution in [3.63, 3.8) is 0 Å². The summed E-state index contributed by atoms with van der Waals surface area (Å²) in [5.74, 6) is 0. The second-order valence-corrected chi connectivity index (χ2v) is 4.74. The molecule has 7 heteroatoms. The van der Waals surface area contributed by atoms with Crippen molar-refractivity contribution in [2.24, 2.45) is 0 Å². The van der Waals surface area contributed by atoms with Gasteiger partial charge in [-0.3, -0.25) is 34.8 Å². The highest BCUT2D eigenvalue weighted by atomic mass is 15.1. The van der Waals surface area contributed by atoms with E-state index in [1.807, 2.05) is 0 Å². The van der Waals surface area contributed by atoms with Crippen LogP contribution in [0.25, 0.3) is 0 Å². The smallest absolute Gasteiger partial charge is 0.0727 e. The number of hydrogen-bond acceptors (Lipinski definition) is 7. The van der Waals surface area contributed by atoms with E-state index in [0.29, 0.717) is 19.6 Å². The monoisotopic (exact) mass is 293 g/mol. The molecule has 3 aromatic rings. The molecule has 3 aromatic heterocycles. The Bertz CT molecular complexity index is 577. The van der Waals surface area contributed by atoms with Crippen molar-refractivity contribution in [2.45, 2.75) is 19.6 Å². The summed E-state index contributed by atoms with van der Waals surface area (Å²) in [4.78, 5) is 27.5. The molecule has 110 valence electrons. The largest absolute Gasteiger partial charge is 0.286 e. The van der Waals surface area contributed by atoms with E-state index in [0.717, 1.165) is 17.1 Å². The molecule has 3 rings (SSSR count). The second kappa shape index (κ2) is 7.28. The molecule has 0 saturated heterocycles. The van der Waals surface area contributed by atoms with Gasteiger partial charge >= 0.3 is 0 Å². The van der Waals surface area contributed by atoms with Crippen molar-refractivity contribution in [3.05, 3.63) is 72.9 Å². The minimum atomic E-state index is 0.654. The first-order chi connectivity index (χ1) is 10.9. The maximum atomic E-state index is 4.33. The van der Waals surface area contributed by atoms with E-state index in [-0.39, 0.29) is 0 Å². The van der Waals surface area contributed by atoms with Crippen LogP contribution in [-0.4, -0.2) is 34.8 Å². The highest BCUT2D eigenvalue weighted by Gasteiger charge is 2.11. The van der Waals surface area contributed by atoms with Crippen molar-refractivity contribution in [2.75, 3.05) is 0 Å². The summed E-state index contributed by atoms with van der Waals surface area (Å²) in [5.41, 5.74) is 2.70. The molecule has 0 aliphatic rings. The summed E-state index contributed by atoms with van der Waals surface area (Å²) in [7, 11) is 0. The van der Waals surface area contributed by atoms with Crippen LogP contribution in [0.2, 0.25) is 0 Å². The van der Waals surface area contributed by atoms with Crippen molar-refractivity contribution in [3.8, 4) is 0 Å². The number of aromatic nitrogens is 6. The Kier molecular flexibility index (Phi) is 4.68. The average Bonchev–Trinajstić information content (AvgIpc) is 2.57. The van der Waals surface area contributed by atoms with Crippen LogP contribution in [0.3, 0.4) is 0 Å². The summed E-state index contributed by atoms with van der Waals surface area (Å²) in [6.07, 6.45) is 15.4. The number of rotatable bonds is 6. The molecule has 3 heterocycles. The van der Waals surface area contributed by atoms with Gasteiger partial charge in [0.2, 0.25) is 0 Å². The third-order valence-corrected chi connectivity index (χ3v) is 3.01. The minimum absolute atomic E-state index is 0.654. The molecule has 0 aliphatic carbocycles. The van der Waals surface area contributed by atoms with Gasteiger partial charge in [-0.1, -0.05) is 0 Å². The fourth-order valence-corrected chi connectivity index (χ4v) is 2.09. The van der Waals surface area contributed by atoms with Crippen LogP contribution in [0, 0.1) is 0 Å². The van der Waals surface area contributed by atoms with Crippen LogP contribution in [0.4, 0.5) is 0 Å². The molecule has 0 fully saturated rings. The van der Waals surface area contributed by atoms with Gasteiger partial charge in [0.05, 0.1) is 17.1 Å². The quantitative estimate of drug-likeness (QED) is 0.676. The number of nitrogens with zero attached hydrogens (tertiary/aromatic N) is 7. The second-order valence-electron chi connectivity index (χ2n) is 4.74. The van der Waals surface area contributed by atoms with Gasteiger partial charge in [0, 0.05) is 75.4 Å². The SMILES string of the molecule is c1cnc(CN(Cc2cnccn2)Cc2cnccn2)cn1. The Morgan fingerprint density at radius 3 is 1.18 bits per heavy atom. The molecule has 0 spiro atoms. The van der Waals surface area contributed by atoms with Gasteiger partial charge < -0.3 is 0 Å². The van der Waals surface area contributed by atoms with Gasteiger partial charge in [-0.25, -0.2) is 0 Å². The summed E-state index contributed by atoms with van der Waals surface area (Å²) in [5, 5.41) is 0. The molecule has 0 bridgehead atoms. The van der Waals surface area contributed by atoms with E-state index in [1.54, 1.807) is 55.8 Å². The summed E-state index contributed by atoms with van der Waals surface area (Å²) < 4.78 is 0. The molecule has 0 atom stereocenters. The maximum absolute atomic E-state index is 4.33. The lowest BCUT2D eigenvalue weighted by Gasteiger charge is -2.20. The van der Waals surface area contributed by atoms with E-state index in [2.05, 4.69) is 34.8 Å². The molecule has 22 heavy (non-hydrogen) atoms. The lowest BCUT2D eigenvalue weighted by atomic mass is 10.3. The van der Waals surface area contributed by atoms with Gasteiger partial charge in [-0.15, -0.1) is 0 Å². The lowest BCUT2D eigenvalue weighted by Crippen LogP contribution is -2.24. The van der Waals surface area contributed by atoms with Gasteiger partial charge in [-0.2, -0.15) is 0 Å². The van der Waals surface area contributed by atoms with E-state index in [4.69, 9.17) is 0 Å². The molecule has 0 unspecified atom stereocenters. The maximum Gasteiger partial charge on any atom is 0.0727 e. The van der Waals surface area contributed by atoms with Crippen LogP contribution in [0.15, 0.2) is 55.8 Å². The van der Waals surface area contributed by atoms with Crippen molar-refractivity contribution < 1.29 is 0 Å². The zero-order chi connectivity index (χ0) is 15.0. The first-order valence-electron chi connectivity index (χ1n) is 6.87. The van der Waals surface area contributed by atoms with Gasteiger partial charge in [-0.05, 0) is 0 Å². The van der Waals surface area contributed by atoms with E-state index in [1.165, 1.54) is 0 Å². The third-order valence-electron chi connectivity index (χ3n) is 3.01. The third kappa shape index (κ3) is 4.10. The van der Waals surface area contributed by atoms with Gasteiger partial charge in [0.1, 0.15) is 0 Å². The first kappa shape index (κ1) is 14.2. The minimum Gasteiger partial charge on any atom is -0.286 e. The molecular weight excluding hydrogens is 278 g/mol. The highest BCUT2D eigenvalue weighted by Crippen LogP contribution is 2.09. The molecule has 0 radical (unpaired) electrons. The van der Waals surface area contributed by atoms with Crippen LogP contribution >= 0.6 is 0 Å². The Balaban J connectivity index is 1.75. The first-order valence-corrected chi connectivity index (χ1v) is 6.87. The molecule has 0 saturated carbocycles. The fraction of sp³-hybridized carbons (Fsp3) is 0.200. The van der Waals surface area contributed by atoms with Crippen molar-refractivity contribution in [1.29, 1.82) is 0 Å². The Labute approximate surface area is 128 Å². The summed E-state index contributed by atoms with van der Waals surface area (Å²) in [6.45, 7) is 1.96. The molecule has 0 aromatic carbocycles. The topological polar surface area (TPSA) is 80.6 Å². The average molecular weight is 293 g/mol. The van der Waals surface area contributed by atoms with E-state index in [9.17, 15) is 0 Å². The standard InChI is InChI=1S/C15H15N7/c1-4-19-13(7-16-1)10-22(11-14-8-17-2-5-20-14)12-15-9-18-3-6-21-15/h1-9H,10-12H2. The predicted molar refractivity (Wildman–Crippen MR) is 79.0 cm³/mol. The molecule has 0 N–H and O–H groups in total. The predicted octanol–water partition coefficient (Wildman–Crippen LogP) is 1.26. The van der Waals surface area contributed by atoms with Crippen LogP contribution in [-0.2, 0) is 19.6 Å². The highest BCUT2D eigenvalue weighted by molar-refractivity contribution is 5.01. The summed E-state index contributed by atoms with van der Waals surface area (Å²) >= 11 is 0. The van der Waals surface area contributed by atoms with Gasteiger partial charge in [0.25, 0.3) is 0 Å². The Morgan fingerprint density at radius 1 is 0.545 bits per heavy atom. The zero-order valence-corrected chi connectivity index (χ0v) is 11.9. The molecule has 0 aliphatic heterocycles.